The third kappa shape index (κ3) is 5.48. The van der Waals surface area contributed by atoms with Gasteiger partial charge in [-0.15, -0.1) is 0 Å². The summed E-state index contributed by atoms with van der Waals surface area (Å²) >= 11 is 3.25. The van der Waals surface area contributed by atoms with Gasteiger partial charge in [-0.3, -0.25) is 0 Å². The Balaban J connectivity index is 1.83. The summed E-state index contributed by atoms with van der Waals surface area (Å²) in [6.45, 7) is -0.177. The number of hydrogen-bond acceptors (Lipinski definition) is 5. The Kier molecular flexibility index (Phi) is 6.61. The van der Waals surface area contributed by atoms with E-state index in [1.165, 1.54) is 12.1 Å². The molecule has 0 heterocycles. The molecule has 8 heteroatoms. The van der Waals surface area contributed by atoms with Gasteiger partial charge in [0, 0.05) is 11.0 Å². The Morgan fingerprint density at radius 1 is 1.08 bits per heavy atom. The molecule has 2 aromatic rings. The van der Waals surface area contributed by atoms with Crippen LogP contribution in [0.1, 0.15) is 0 Å². The minimum Gasteiger partial charge on any atom is -0.497 e. The highest BCUT2D eigenvalue weighted by Gasteiger charge is 2.16. The Hall–Kier alpha value is -1.61. The van der Waals surface area contributed by atoms with Crippen molar-refractivity contribution in [3.05, 3.63) is 53.0 Å². The first kappa shape index (κ1) is 18.7. The second-order valence-electron chi connectivity index (χ2n) is 4.95. The van der Waals surface area contributed by atoms with E-state index in [0.29, 0.717) is 11.5 Å². The van der Waals surface area contributed by atoms with Crippen LogP contribution in [0.3, 0.4) is 0 Å². The van der Waals surface area contributed by atoms with Crippen molar-refractivity contribution >= 4 is 26.0 Å². The second-order valence-corrected chi connectivity index (χ2v) is 7.63. The molecule has 0 bridgehead atoms. The van der Waals surface area contributed by atoms with Gasteiger partial charge in [0.2, 0.25) is 10.0 Å². The lowest BCUT2D eigenvalue weighted by molar-refractivity contribution is 0.111. The summed E-state index contributed by atoms with van der Waals surface area (Å²) < 4.78 is 37.8. The Morgan fingerprint density at radius 2 is 1.67 bits per heavy atom. The number of hydrogen-bond donors (Lipinski definition) is 2. The van der Waals surface area contributed by atoms with Crippen LogP contribution in [-0.2, 0) is 10.0 Å². The molecule has 0 fully saturated rings. The van der Waals surface area contributed by atoms with Crippen LogP contribution in [0.15, 0.2) is 57.9 Å². The van der Waals surface area contributed by atoms with Crippen LogP contribution in [0.4, 0.5) is 0 Å². The predicted octanol–water partition coefficient (Wildman–Crippen LogP) is 2.18. The summed E-state index contributed by atoms with van der Waals surface area (Å²) in [4.78, 5) is 0.133. The topological polar surface area (TPSA) is 84.9 Å². The van der Waals surface area contributed by atoms with Crippen molar-refractivity contribution in [2.45, 2.75) is 11.0 Å². The normalized spacial score (nSPS) is 12.6. The van der Waals surface area contributed by atoms with Crippen molar-refractivity contribution in [1.82, 2.24) is 4.72 Å². The van der Waals surface area contributed by atoms with E-state index in [1.54, 1.807) is 43.5 Å². The van der Waals surface area contributed by atoms with Gasteiger partial charge in [0.15, 0.2) is 0 Å². The van der Waals surface area contributed by atoms with Gasteiger partial charge < -0.3 is 14.6 Å². The van der Waals surface area contributed by atoms with Crippen LogP contribution in [-0.4, -0.2) is 39.9 Å². The van der Waals surface area contributed by atoms with Gasteiger partial charge in [0.1, 0.15) is 24.2 Å². The van der Waals surface area contributed by atoms with Crippen LogP contribution in [0, 0.1) is 0 Å². The molecule has 0 saturated carbocycles. The van der Waals surface area contributed by atoms with Crippen LogP contribution in [0.25, 0.3) is 0 Å². The number of sulfonamides is 1. The number of nitrogens with one attached hydrogen (secondary N) is 1. The zero-order chi connectivity index (χ0) is 17.6. The standard InChI is InChI=1S/C16H18BrNO5S/c1-22-14-4-6-15(7-5-14)23-11-13(19)10-18-24(20,21)16-8-2-12(17)3-9-16/h2-9,13,18-19H,10-11H2,1H3. The summed E-state index contributed by atoms with van der Waals surface area (Å²) in [7, 11) is -2.10. The Labute approximate surface area is 149 Å². The molecule has 0 radical (unpaired) electrons. The molecule has 2 aromatic carbocycles. The molecule has 130 valence electrons. The minimum absolute atomic E-state index is 0.0326. The minimum atomic E-state index is -3.67. The zero-order valence-corrected chi connectivity index (χ0v) is 15.4. The smallest absolute Gasteiger partial charge is 0.240 e. The highest BCUT2D eigenvalue weighted by atomic mass is 79.9. The lowest BCUT2D eigenvalue weighted by Crippen LogP contribution is -2.35. The maximum Gasteiger partial charge on any atom is 0.240 e. The van der Waals surface area contributed by atoms with Crippen molar-refractivity contribution < 1.29 is 23.0 Å². The van der Waals surface area contributed by atoms with E-state index >= 15 is 0 Å². The molecule has 0 saturated heterocycles. The number of aliphatic hydroxyl groups is 1. The molecule has 1 atom stereocenters. The van der Waals surface area contributed by atoms with E-state index in [2.05, 4.69) is 20.7 Å². The summed E-state index contributed by atoms with van der Waals surface area (Å²) in [6, 6.07) is 13.1. The molecular weight excluding hydrogens is 398 g/mol. The van der Waals surface area contributed by atoms with Gasteiger partial charge >= 0.3 is 0 Å². The van der Waals surface area contributed by atoms with Crippen LogP contribution in [0.5, 0.6) is 11.5 Å². The molecule has 6 nitrogen and oxygen atoms in total. The third-order valence-electron chi connectivity index (χ3n) is 3.13. The van der Waals surface area contributed by atoms with Gasteiger partial charge in [-0.2, -0.15) is 0 Å². The van der Waals surface area contributed by atoms with E-state index in [9.17, 15) is 13.5 Å². The Bertz CT molecular complexity index is 747. The largest absolute Gasteiger partial charge is 0.497 e. The monoisotopic (exact) mass is 415 g/mol. The van der Waals surface area contributed by atoms with Crippen molar-refractivity contribution in [1.29, 1.82) is 0 Å². The molecular formula is C16H18BrNO5S. The number of methoxy groups -OCH3 is 1. The molecule has 1 unspecified atom stereocenters. The fourth-order valence-corrected chi connectivity index (χ4v) is 3.16. The fraction of sp³-hybridized carbons (Fsp3) is 0.250. The van der Waals surface area contributed by atoms with Gasteiger partial charge in [-0.1, -0.05) is 15.9 Å². The highest BCUT2D eigenvalue weighted by Crippen LogP contribution is 2.17. The SMILES string of the molecule is COc1ccc(OCC(O)CNS(=O)(=O)c2ccc(Br)cc2)cc1. The zero-order valence-electron chi connectivity index (χ0n) is 13.0. The predicted molar refractivity (Wildman–Crippen MR) is 93.8 cm³/mol. The molecule has 0 aromatic heterocycles. The van der Waals surface area contributed by atoms with Crippen LogP contribution in [0.2, 0.25) is 0 Å². The van der Waals surface area contributed by atoms with Crippen molar-refractivity contribution in [2.24, 2.45) is 0 Å². The highest BCUT2D eigenvalue weighted by molar-refractivity contribution is 9.10. The average molecular weight is 416 g/mol. The average Bonchev–Trinajstić information content (AvgIpc) is 2.59. The lowest BCUT2D eigenvalue weighted by atomic mass is 10.3. The number of ether oxygens (including phenoxy) is 2. The Morgan fingerprint density at radius 3 is 2.25 bits per heavy atom. The quantitative estimate of drug-likeness (QED) is 0.689. The van der Waals surface area contributed by atoms with Gasteiger partial charge in [0.25, 0.3) is 0 Å². The molecule has 0 aliphatic heterocycles. The van der Waals surface area contributed by atoms with Crippen molar-refractivity contribution in [3.8, 4) is 11.5 Å². The van der Waals surface area contributed by atoms with E-state index in [0.717, 1.165) is 4.47 Å². The van der Waals surface area contributed by atoms with Crippen LogP contribution < -0.4 is 14.2 Å². The molecule has 0 amide bonds. The molecule has 2 rings (SSSR count). The van der Waals surface area contributed by atoms with E-state index < -0.39 is 16.1 Å². The van der Waals surface area contributed by atoms with Gasteiger partial charge in [-0.25, -0.2) is 13.1 Å². The van der Waals surface area contributed by atoms with Crippen LogP contribution >= 0.6 is 15.9 Å². The van der Waals surface area contributed by atoms with Crippen molar-refractivity contribution in [2.75, 3.05) is 20.3 Å². The maximum absolute atomic E-state index is 12.1. The summed E-state index contributed by atoms with van der Waals surface area (Å²) in [5, 5.41) is 9.88. The second kappa shape index (κ2) is 8.48. The number of aliphatic hydroxyl groups excluding tert-OH is 1. The fourth-order valence-electron chi connectivity index (χ4n) is 1.83. The molecule has 0 aliphatic carbocycles. The van der Waals surface area contributed by atoms with Gasteiger partial charge in [0.05, 0.1) is 12.0 Å². The number of halogens is 1. The molecule has 2 N–H and O–H groups in total. The summed E-state index contributed by atoms with van der Waals surface area (Å²) in [6.07, 6.45) is -0.975. The van der Waals surface area contributed by atoms with Crippen molar-refractivity contribution in [3.63, 3.8) is 0 Å². The molecule has 0 aliphatic rings. The molecule has 24 heavy (non-hydrogen) atoms. The summed E-state index contributed by atoms with van der Waals surface area (Å²) in [5.74, 6) is 1.26. The first-order valence-electron chi connectivity index (χ1n) is 7.11. The van der Waals surface area contributed by atoms with E-state index in [4.69, 9.17) is 9.47 Å². The first-order valence-corrected chi connectivity index (χ1v) is 9.38. The number of benzene rings is 2. The van der Waals surface area contributed by atoms with Gasteiger partial charge in [-0.05, 0) is 48.5 Å². The first-order chi connectivity index (χ1) is 11.4. The lowest BCUT2D eigenvalue weighted by Gasteiger charge is -2.14. The van der Waals surface area contributed by atoms with E-state index in [-0.39, 0.29) is 18.0 Å². The molecule has 0 spiro atoms. The third-order valence-corrected chi connectivity index (χ3v) is 5.10. The maximum atomic E-state index is 12.1. The summed E-state index contributed by atoms with van der Waals surface area (Å²) in [5.41, 5.74) is 0. The van der Waals surface area contributed by atoms with E-state index in [1.807, 2.05) is 0 Å². The number of rotatable bonds is 8.